The lowest BCUT2D eigenvalue weighted by Crippen LogP contribution is -2.44. The van der Waals surface area contributed by atoms with Gasteiger partial charge in [0.2, 0.25) is 5.91 Å². The van der Waals surface area contributed by atoms with Crippen LogP contribution in [0.1, 0.15) is 39.2 Å². The molecule has 2 rings (SSSR count). The monoisotopic (exact) mass is 322 g/mol. The fourth-order valence-electron chi connectivity index (χ4n) is 2.73. The normalized spacial score (nSPS) is 18.4. The third kappa shape index (κ3) is 4.72. The third-order valence-corrected chi connectivity index (χ3v) is 5.05. The molecule has 122 valence electrons. The van der Waals surface area contributed by atoms with Gasteiger partial charge in [-0.25, -0.2) is 0 Å². The second kappa shape index (κ2) is 7.98. The van der Waals surface area contributed by atoms with Crippen LogP contribution in [0.15, 0.2) is 24.3 Å². The summed E-state index contributed by atoms with van der Waals surface area (Å²) in [7, 11) is 0. The molecule has 0 radical (unpaired) electrons. The molecule has 1 fully saturated rings. The van der Waals surface area contributed by atoms with E-state index in [1.165, 1.54) is 5.56 Å². The van der Waals surface area contributed by atoms with Crippen LogP contribution in [-0.2, 0) is 11.3 Å². The van der Waals surface area contributed by atoms with E-state index in [1.807, 2.05) is 18.2 Å². The summed E-state index contributed by atoms with van der Waals surface area (Å²) in [5.74, 6) is 0.853. The Balaban J connectivity index is 1.80. The van der Waals surface area contributed by atoms with Gasteiger partial charge in [-0.2, -0.15) is 0 Å². The van der Waals surface area contributed by atoms with Crippen molar-refractivity contribution in [3.63, 3.8) is 0 Å². The largest absolute Gasteiger partial charge is 0.353 e. The first-order valence-corrected chi connectivity index (χ1v) is 8.61. The first-order valence-electron chi connectivity index (χ1n) is 8.23. The van der Waals surface area contributed by atoms with Gasteiger partial charge in [0.1, 0.15) is 0 Å². The summed E-state index contributed by atoms with van der Waals surface area (Å²) in [6.45, 7) is 9.14. The molecule has 0 aliphatic carbocycles. The fourth-order valence-corrected chi connectivity index (χ4v) is 2.93. The minimum absolute atomic E-state index is 0.156. The van der Waals surface area contributed by atoms with Crippen LogP contribution >= 0.6 is 11.6 Å². The lowest BCUT2D eigenvalue weighted by Gasteiger charge is -2.32. The summed E-state index contributed by atoms with van der Waals surface area (Å²) < 4.78 is 0. The van der Waals surface area contributed by atoms with Crippen molar-refractivity contribution in [3.05, 3.63) is 34.9 Å². The summed E-state index contributed by atoms with van der Waals surface area (Å²) >= 11 is 6.22. The van der Waals surface area contributed by atoms with Crippen LogP contribution in [0.2, 0.25) is 5.02 Å². The first-order chi connectivity index (χ1) is 10.5. The first kappa shape index (κ1) is 17.3. The van der Waals surface area contributed by atoms with E-state index in [2.05, 4.69) is 37.1 Å². The molecule has 0 aromatic heterocycles. The number of amides is 1. The van der Waals surface area contributed by atoms with Gasteiger partial charge in [-0.05, 0) is 50.4 Å². The molecule has 0 bridgehead atoms. The molecule has 1 heterocycles. The van der Waals surface area contributed by atoms with Crippen molar-refractivity contribution >= 4 is 17.5 Å². The third-order valence-electron chi connectivity index (χ3n) is 4.68. The van der Waals surface area contributed by atoms with E-state index in [0.717, 1.165) is 37.5 Å². The van der Waals surface area contributed by atoms with Crippen molar-refractivity contribution in [2.24, 2.45) is 11.8 Å². The lowest BCUT2D eigenvalue weighted by atomic mass is 9.94. The fraction of sp³-hybridized carbons (Fsp3) is 0.611. The molecule has 0 saturated carbocycles. The maximum absolute atomic E-state index is 12.3. The van der Waals surface area contributed by atoms with Gasteiger partial charge in [0.15, 0.2) is 0 Å². The Morgan fingerprint density at radius 1 is 1.27 bits per heavy atom. The van der Waals surface area contributed by atoms with Gasteiger partial charge >= 0.3 is 0 Å². The average Bonchev–Trinajstić information content (AvgIpc) is 2.50. The Morgan fingerprint density at radius 2 is 1.91 bits per heavy atom. The van der Waals surface area contributed by atoms with E-state index >= 15 is 0 Å². The van der Waals surface area contributed by atoms with Crippen LogP contribution < -0.4 is 5.32 Å². The van der Waals surface area contributed by atoms with E-state index in [0.29, 0.717) is 5.92 Å². The highest BCUT2D eigenvalue weighted by Crippen LogP contribution is 2.22. The van der Waals surface area contributed by atoms with E-state index in [-0.39, 0.29) is 17.9 Å². The predicted octanol–water partition coefficient (Wildman–Crippen LogP) is 3.71. The number of hydrogen-bond acceptors (Lipinski definition) is 2. The molecule has 1 N–H and O–H groups in total. The zero-order chi connectivity index (χ0) is 16.1. The van der Waals surface area contributed by atoms with Crippen molar-refractivity contribution in [3.8, 4) is 0 Å². The summed E-state index contributed by atoms with van der Waals surface area (Å²) in [5.41, 5.74) is 1.17. The second-order valence-electron chi connectivity index (χ2n) is 6.68. The van der Waals surface area contributed by atoms with Gasteiger partial charge in [0.25, 0.3) is 0 Å². The number of nitrogens with one attached hydrogen (secondary N) is 1. The van der Waals surface area contributed by atoms with Crippen molar-refractivity contribution in [1.82, 2.24) is 10.2 Å². The topological polar surface area (TPSA) is 32.3 Å². The Hall–Kier alpha value is -1.06. The number of piperidine rings is 1. The second-order valence-corrected chi connectivity index (χ2v) is 7.09. The summed E-state index contributed by atoms with van der Waals surface area (Å²) in [6.07, 6.45) is 1.86. The Bertz CT molecular complexity index is 496. The van der Waals surface area contributed by atoms with E-state index in [1.54, 1.807) is 0 Å². The molecule has 22 heavy (non-hydrogen) atoms. The van der Waals surface area contributed by atoms with Crippen LogP contribution in [0.3, 0.4) is 0 Å². The molecular formula is C18H27ClN2O. The van der Waals surface area contributed by atoms with E-state index in [4.69, 9.17) is 11.6 Å². The Kier molecular flexibility index (Phi) is 6.27. The predicted molar refractivity (Wildman–Crippen MR) is 91.9 cm³/mol. The lowest BCUT2D eigenvalue weighted by molar-refractivity contribution is -0.127. The van der Waals surface area contributed by atoms with Crippen LogP contribution in [0.5, 0.6) is 0 Å². The Morgan fingerprint density at radius 3 is 2.50 bits per heavy atom. The molecule has 1 atom stereocenters. The summed E-state index contributed by atoms with van der Waals surface area (Å²) in [6, 6.07) is 8.23. The highest BCUT2D eigenvalue weighted by molar-refractivity contribution is 6.31. The summed E-state index contributed by atoms with van der Waals surface area (Å²) in [5, 5.41) is 3.97. The molecule has 1 aliphatic rings. The van der Waals surface area contributed by atoms with Crippen molar-refractivity contribution in [1.29, 1.82) is 0 Å². The van der Waals surface area contributed by atoms with Gasteiger partial charge in [-0.3, -0.25) is 9.69 Å². The van der Waals surface area contributed by atoms with Crippen LogP contribution in [0.25, 0.3) is 0 Å². The standard InChI is InChI=1S/C18H27ClN2O/c1-13(2)14(3)20-18(22)15-8-10-21(11-9-15)12-16-6-4-5-7-17(16)19/h4-7,13-15H,8-12H2,1-3H3,(H,20,22)/t14-/m0/s1. The SMILES string of the molecule is CC(C)[C@H](C)NC(=O)C1CCN(Cc2ccccc2Cl)CC1. The molecular weight excluding hydrogens is 296 g/mol. The Labute approximate surface area is 139 Å². The van der Waals surface area contributed by atoms with Crippen molar-refractivity contribution < 1.29 is 4.79 Å². The van der Waals surface area contributed by atoms with Gasteiger partial charge in [-0.15, -0.1) is 0 Å². The number of hydrogen-bond donors (Lipinski definition) is 1. The quantitative estimate of drug-likeness (QED) is 0.896. The number of carbonyl (C=O) groups excluding carboxylic acids is 1. The zero-order valence-electron chi connectivity index (χ0n) is 13.8. The van der Waals surface area contributed by atoms with Crippen LogP contribution in [-0.4, -0.2) is 29.9 Å². The number of nitrogens with zero attached hydrogens (tertiary/aromatic N) is 1. The average molecular weight is 323 g/mol. The molecule has 1 aromatic carbocycles. The molecule has 1 aromatic rings. The molecule has 0 spiro atoms. The minimum Gasteiger partial charge on any atom is -0.353 e. The van der Waals surface area contributed by atoms with Gasteiger partial charge in [0, 0.05) is 23.5 Å². The number of rotatable bonds is 5. The molecule has 4 heteroatoms. The summed E-state index contributed by atoms with van der Waals surface area (Å²) in [4.78, 5) is 14.7. The highest BCUT2D eigenvalue weighted by Gasteiger charge is 2.26. The maximum Gasteiger partial charge on any atom is 0.223 e. The van der Waals surface area contributed by atoms with E-state index < -0.39 is 0 Å². The number of benzene rings is 1. The van der Waals surface area contributed by atoms with Gasteiger partial charge in [0.05, 0.1) is 0 Å². The van der Waals surface area contributed by atoms with Gasteiger partial charge < -0.3 is 5.32 Å². The highest BCUT2D eigenvalue weighted by atomic mass is 35.5. The molecule has 1 saturated heterocycles. The van der Waals surface area contributed by atoms with Crippen molar-refractivity contribution in [2.45, 2.75) is 46.2 Å². The zero-order valence-corrected chi connectivity index (χ0v) is 14.6. The van der Waals surface area contributed by atoms with Crippen LogP contribution in [0, 0.1) is 11.8 Å². The number of likely N-dealkylation sites (tertiary alicyclic amines) is 1. The minimum atomic E-state index is 0.156. The smallest absolute Gasteiger partial charge is 0.223 e. The molecule has 3 nitrogen and oxygen atoms in total. The van der Waals surface area contributed by atoms with E-state index in [9.17, 15) is 4.79 Å². The van der Waals surface area contributed by atoms with Gasteiger partial charge in [-0.1, -0.05) is 43.6 Å². The number of halogens is 1. The van der Waals surface area contributed by atoms with Crippen LogP contribution in [0.4, 0.5) is 0 Å². The molecule has 0 unspecified atom stereocenters. The van der Waals surface area contributed by atoms with Crippen molar-refractivity contribution in [2.75, 3.05) is 13.1 Å². The molecule has 1 aliphatic heterocycles. The molecule has 1 amide bonds. The maximum atomic E-state index is 12.3. The number of carbonyl (C=O) groups is 1.